The van der Waals surface area contributed by atoms with Gasteiger partial charge in [-0.3, -0.25) is 4.79 Å². The Morgan fingerprint density at radius 1 is 0.647 bits per heavy atom. The third-order valence-corrected chi connectivity index (χ3v) is 9.58. The molecule has 258 valence electrons. The third kappa shape index (κ3) is 7.60. The topological polar surface area (TPSA) is 82.6 Å². The second-order valence-electron chi connectivity index (χ2n) is 13.1. The number of rotatable bonds is 10. The molecule has 1 N–H and O–H groups in total. The standard InChI is InChI=1S/C43H41N3O5/c1-30(2)38-24-39(41(51-29-32-11-7-4-8-12-32)25-40(38)50-28-31-9-5-3-6-10-31)42(47)46-26-35-14-13-34(23-36(35)27-46)33-15-17-37(18-16-33)44-19-21-45(22-20-44)43(48)49/h3-18,23-25H,1,19-22,26-29H2,2H3,(H,48,49). The van der Waals surface area contributed by atoms with E-state index in [1.54, 1.807) is 0 Å². The molecule has 8 heteroatoms. The maximum atomic E-state index is 14.3. The molecule has 0 saturated carbocycles. The minimum atomic E-state index is -0.864. The molecule has 2 aliphatic heterocycles. The number of hydrogen-bond acceptors (Lipinski definition) is 5. The van der Waals surface area contributed by atoms with Gasteiger partial charge in [0.05, 0.1) is 5.56 Å². The van der Waals surface area contributed by atoms with Crippen LogP contribution < -0.4 is 14.4 Å². The number of carbonyl (C=O) groups excluding carboxylic acids is 1. The molecule has 1 saturated heterocycles. The Kier molecular flexibility index (Phi) is 9.74. The van der Waals surface area contributed by atoms with E-state index in [4.69, 9.17) is 9.47 Å². The lowest BCUT2D eigenvalue weighted by atomic mass is 10.0. The lowest BCUT2D eigenvalue weighted by Crippen LogP contribution is -2.48. The fraction of sp³-hybridized carbons (Fsp3) is 0.209. The van der Waals surface area contributed by atoms with Crippen LogP contribution in [0.2, 0.25) is 0 Å². The third-order valence-electron chi connectivity index (χ3n) is 9.58. The second kappa shape index (κ2) is 14.8. The van der Waals surface area contributed by atoms with Gasteiger partial charge in [-0.2, -0.15) is 0 Å². The van der Waals surface area contributed by atoms with E-state index in [-0.39, 0.29) is 5.91 Å². The van der Waals surface area contributed by atoms with Gasteiger partial charge >= 0.3 is 6.09 Å². The Bertz CT molecular complexity index is 2040. The van der Waals surface area contributed by atoms with Gasteiger partial charge in [-0.05, 0) is 70.1 Å². The second-order valence-corrected chi connectivity index (χ2v) is 13.1. The van der Waals surface area contributed by atoms with E-state index in [1.165, 1.54) is 4.90 Å². The van der Waals surface area contributed by atoms with E-state index in [0.29, 0.717) is 69.5 Å². The number of carboxylic acid groups (broad SMARTS) is 1. The van der Waals surface area contributed by atoms with E-state index in [1.807, 2.05) is 84.6 Å². The number of amides is 2. The van der Waals surface area contributed by atoms with Crippen LogP contribution in [-0.2, 0) is 26.3 Å². The largest absolute Gasteiger partial charge is 0.488 e. The van der Waals surface area contributed by atoms with Crippen LogP contribution in [-0.4, -0.2) is 53.1 Å². The van der Waals surface area contributed by atoms with Crippen LogP contribution in [0, 0.1) is 0 Å². The number of nitrogens with zero attached hydrogens (tertiary/aromatic N) is 3. The first kappa shape index (κ1) is 33.5. The lowest BCUT2D eigenvalue weighted by molar-refractivity contribution is 0.0746. The zero-order chi connectivity index (χ0) is 35.3. The number of allylic oxidation sites excluding steroid dienone is 1. The average Bonchev–Trinajstić information content (AvgIpc) is 3.60. The highest BCUT2D eigenvalue weighted by Crippen LogP contribution is 2.37. The molecule has 0 spiro atoms. The van der Waals surface area contributed by atoms with Crippen molar-refractivity contribution < 1.29 is 24.2 Å². The molecule has 8 nitrogen and oxygen atoms in total. The number of anilines is 1. The summed E-state index contributed by atoms with van der Waals surface area (Å²) >= 11 is 0. The Hall–Kier alpha value is -6.02. The summed E-state index contributed by atoms with van der Waals surface area (Å²) < 4.78 is 12.7. The van der Waals surface area contributed by atoms with E-state index in [0.717, 1.165) is 50.2 Å². The van der Waals surface area contributed by atoms with Crippen molar-refractivity contribution in [3.05, 3.63) is 155 Å². The predicted molar refractivity (Wildman–Crippen MR) is 200 cm³/mol. The normalized spacial score (nSPS) is 13.9. The van der Waals surface area contributed by atoms with Gasteiger partial charge in [-0.15, -0.1) is 0 Å². The number of ether oxygens (including phenoxy) is 2. The molecule has 0 aliphatic carbocycles. The summed E-state index contributed by atoms with van der Waals surface area (Å²) in [4.78, 5) is 31.2. The SMILES string of the molecule is C=C(C)c1cc(C(=O)N2Cc3ccc(-c4ccc(N5CCN(C(=O)O)CC5)cc4)cc3C2)c(OCc2ccccc2)cc1OCc1ccccc1. The molecule has 0 atom stereocenters. The molecule has 51 heavy (non-hydrogen) atoms. The number of fused-ring (bicyclic) bond motifs is 1. The van der Waals surface area contributed by atoms with Crippen LogP contribution >= 0.6 is 0 Å². The van der Waals surface area contributed by atoms with Crippen molar-refractivity contribution in [2.75, 3.05) is 31.1 Å². The molecule has 7 rings (SSSR count). The predicted octanol–water partition coefficient (Wildman–Crippen LogP) is 8.50. The smallest absolute Gasteiger partial charge is 0.407 e. The number of benzene rings is 5. The molecule has 2 heterocycles. The van der Waals surface area contributed by atoms with E-state index < -0.39 is 6.09 Å². The van der Waals surface area contributed by atoms with Crippen molar-refractivity contribution in [2.45, 2.75) is 33.2 Å². The summed E-state index contributed by atoms with van der Waals surface area (Å²) in [7, 11) is 0. The number of carbonyl (C=O) groups is 2. The number of piperazine rings is 1. The molecule has 0 bridgehead atoms. The van der Waals surface area contributed by atoms with Crippen molar-refractivity contribution in [3.63, 3.8) is 0 Å². The van der Waals surface area contributed by atoms with Crippen molar-refractivity contribution >= 4 is 23.3 Å². The van der Waals surface area contributed by atoms with Crippen LogP contribution in [0.1, 0.15) is 45.1 Å². The van der Waals surface area contributed by atoms with E-state index in [9.17, 15) is 14.7 Å². The summed E-state index contributed by atoms with van der Waals surface area (Å²) in [5.41, 5.74) is 9.57. The maximum Gasteiger partial charge on any atom is 0.407 e. The van der Waals surface area contributed by atoms with Crippen molar-refractivity contribution in [1.29, 1.82) is 0 Å². The van der Waals surface area contributed by atoms with Crippen molar-refractivity contribution in [3.8, 4) is 22.6 Å². The molecular weight excluding hydrogens is 638 g/mol. The molecule has 2 aliphatic rings. The number of hydrogen-bond donors (Lipinski definition) is 1. The van der Waals surface area contributed by atoms with Gasteiger partial charge in [0.25, 0.3) is 5.91 Å². The van der Waals surface area contributed by atoms with Gasteiger partial charge in [-0.25, -0.2) is 4.79 Å². The summed E-state index contributed by atoms with van der Waals surface area (Å²) in [6, 6.07) is 38.4. The summed E-state index contributed by atoms with van der Waals surface area (Å²) in [6.07, 6.45) is -0.864. The Labute approximate surface area is 298 Å². The first-order valence-corrected chi connectivity index (χ1v) is 17.2. The van der Waals surface area contributed by atoms with Gasteiger partial charge < -0.3 is 29.3 Å². The zero-order valence-corrected chi connectivity index (χ0v) is 28.8. The van der Waals surface area contributed by atoms with Crippen LogP contribution in [0.4, 0.5) is 10.5 Å². The molecule has 0 unspecified atom stereocenters. The average molecular weight is 680 g/mol. The fourth-order valence-corrected chi connectivity index (χ4v) is 6.68. The summed E-state index contributed by atoms with van der Waals surface area (Å²) in [6.45, 7) is 10.1. The van der Waals surface area contributed by atoms with Crippen LogP contribution in [0.3, 0.4) is 0 Å². The molecule has 0 aromatic heterocycles. The van der Waals surface area contributed by atoms with E-state index in [2.05, 4.69) is 53.9 Å². The Morgan fingerprint density at radius 3 is 1.80 bits per heavy atom. The molecule has 1 fully saturated rings. The molecule has 0 radical (unpaired) electrons. The highest BCUT2D eigenvalue weighted by atomic mass is 16.5. The first-order chi connectivity index (χ1) is 24.8. The minimum Gasteiger partial charge on any atom is -0.488 e. The highest BCUT2D eigenvalue weighted by molar-refractivity contribution is 5.98. The van der Waals surface area contributed by atoms with Gasteiger partial charge in [0.1, 0.15) is 24.7 Å². The van der Waals surface area contributed by atoms with Crippen LogP contribution in [0.15, 0.2) is 122 Å². The van der Waals surface area contributed by atoms with Crippen LogP contribution in [0.25, 0.3) is 16.7 Å². The first-order valence-electron chi connectivity index (χ1n) is 17.2. The zero-order valence-electron chi connectivity index (χ0n) is 28.8. The molecular formula is C43H41N3O5. The lowest BCUT2D eigenvalue weighted by Gasteiger charge is -2.34. The van der Waals surface area contributed by atoms with Crippen molar-refractivity contribution in [1.82, 2.24) is 9.80 Å². The van der Waals surface area contributed by atoms with Crippen molar-refractivity contribution in [2.24, 2.45) is 0 Å². The van der Waals surface area contributed by atoms with Gasteiger partial charge in [0, 0.05) is 56.6 Å². The van der Waals surface area contributed by atoms with Gasteiger partial charge in [0.15, 0.2) is 0 Å². The Morgan fingerprint density at radius 2 is 1.22 bits per heavy atom. The Balaban J connectivity index is 1.10. The van der Waals surface area contributed by atoms with Crippen LogP contribution in [0.5, 0.6) is 11.5 Å². The van der Waals surface area contributed by atoms with Gasteiger partial charge in [0.2, 0.25) is 0 Å². The quantitative estimate of drug-likeness (QED) is 0.159. The monoisotopic (exact) mass is 679 g/mol. The summed E-state index contributed by atoms with van der Waals surface area (Å²) in [5.74, 6) is 0.979. The summed E-state index contributed by atoms with van der Waals surface area (Å²) in [5, 5.41) is 9.27. The molecule has 5 aromatic carbocycles. The maximum absolute atomic E-state index is 14.3. The highest BCUT2D eigenvalue weighted by Gasteiger charge is 2.28. The van der Waals surface area contributed by atoms with Gasteiger partial charge in [-0.1, -0.05) is 91.5 Å². The molecule has 2 amide bonds. The molecule has 5 aromatic rings. The fourth-order valence-electron chi connectivity index (χ4n) is 6.68. The van der Waals surface area contributed by atoms with E-state index >= 15 is 0 Å². The minimum absolute atomic E-state index is 0.111.